The molecule has 2 heterocycles. The summed E-state index contributed by atoms with van der Waals surface area (Å²) in [5.41, 5.74) is 4.90. The summed E-state index contributed by atoms with van der Waals surface area (Å²) in [7, 11) is 0. The monoisotopic (exact) mass is 405 g/mol. The van der Waals surface area contributed by atoms with Gasteiger partial charge in [-0.15, -0.1) is 10.2 Å². The second-order valence-corrected chi connectivity index (χ2v) is 7.01. The highest BCUT2D eigenvalue weighted by atomic mass is 16.5. The van der Waals surface area contributed by atoms with Crippen LogP contribution in [0.2, 0.25) is 0 Å². The van der Waals surface area contributed by atoms with E-state index in [1.807, 2.05) is 84.9 Å². The summed E-state index contributed by atoms with van der Waals surface area (Å²) in [6.07, 6.45) is 4.09. The highest BCUT2D eigenvalue weighted by Crippen LogP contribution is 2.22. The number of pyridine rings is 1. The second-order valence-electron chi connectivity index (χ2n) is 7.01. The van der Waals surface area contributed by atoms with E-state index in [1.54, 1.807) is 0 Å². The highest BCUT2D eigenvalue weighted by Gasteiger charge is 2.06. The molecule has 150 valence electrons. The molecule has 0 fully saturated rings. The Morgan fingerprint density at radius 2 is 1.65 bits per heavy atom. The number of hydrogen-bond donors (Lipinski definition) is 1. The number of H-pyrrole nitrogens is 1. The fourth-order valence-corrected chi connectivity index (χ4v) is 3.33. The molecule has 6 heteroatoms. The molecule has 0 aliphatic heterocycles. The molecule has 0 aliphatic rings. The van der Waals surface area contributed by atoms with E-state index in [-0.39, 0.29) is 0 Å². The van der Waals surface area contributed by atoms with Crippen LogP contribution in [0.1, 0.15) is 16.8 Å². The lowest BCUT2D eigenvalue weighted by Gasteiger charge is -2.07. The summed E-state index contributed by atoms with van der Waals surface area (Å²) < 4.78 is 5.91. The van der Waals surface area contributed by atoms with Crippen LogP contribution in [0.15, 0.2) is 84.9 Å². The summed E-state index contributed by atoms with van der Waals surface area (Å²) >= 11 is 0. The lowest BCUT2D eigenvalue weighted by atomic mass is 10.1. The maximum atomic E-state index is 5.91. The number of nitrogens with zero attached hydrogens (tertiary/aromatic N) is 4. The predicted molar refractivity (Wildman–Crippen MR) is 121 cm³/mol. The smallest absolute Gasteiger partial charge is 0.205 e. The standard InChI is InChI=1S/C25H19N5O/c1-3-7-23(25-27-29-30-28-25)19(5-1)12-9-18-10-15-22(16-11-18)31-17-21-14-13-20-6-2-4-8-24(20)26-21/h1-16H,17H2,(H,27,28,29,30). The molecule has 0 spiro atoms. The van der Waals surface area contributed by atoms with Crippen LogP contribution in [-0.2, 0) is 6.61 Å². The first-order valence-corrected chi connectivity index (χ1v) is 9.94. The van der Waals surface area contributed by atoms with Crippen molar-refractivity contribution in [3.8, 4) is 17.1 Å². The van der Waals surface area contributed by atoms with E-state index < -0.39 is 0 Å². The molecule has 0 atom stereocenters. The minimum atomic E-state index is 0.429. The molecule has 6 nitrogen and oxygen atoms in total. The molecule has 0 saturated carbocycles. The number of ether oxygens (including phenoxy) is 1. The molecule has 0 unspecified atom stereocenters. The summed E-state index contributed by atoms with van der Waals surface area (Å²) in [6.45, 7) is 0.429. The topological polar surface area (TPSA) is 76.6 Å². The zero-order valence-electron chi connectivity index (χ0n) is 16.6. The molecule has 0 saturated heterocycles. The van der Waals surface area contributed by atoms with Gasteiger partial charge in [0.05, 0.1) is 11.2 Å². The Balaban J connectivity index is 1.26. The van der Waals surface area contributed by atoms with Crippen molar-refractivity contribution < 1.29 is 4.74 Å². The van der Waals surface area contributed by atoms with E-state index in [4.69, 9.17) is 4.74 Å². The Hall–Kier alpha value is -4.32. The Labute approximate surface area is 179 Å². The summed E-state index contributed by atoms with van der Waals surface area (Å²) in [5.74, 6) is 1.38. The number of aromatic nitrogens is 5. The lowest BCUT2D eigenvalue weighted by Crippen LogP contribution is -1.98. The summed E-state index contributed by atoms with van der Waals surface area (Å²) in [4.78, 5) is 4.65. The third-order valence-corrected chi connectivity index (χ3v) is 4.93. The van der Waals surface area contributed by atoms with Crippen molar-refractivity contribution in [1.82, 2.24) is 25.6 Å². The Morgan fingerprint density at radius 3 is 2.52 bits per heavy atom. The molecule has 0 bridgehead atoms. The van der Waals surface area contributed by atoms with Crippen molar-refractivity contribution in [2.24, 2.45) is 0 Å². The molecule has 0 amide bonds. The van der Waals surface area contributed by atoms with Gasteiger partial charge in [-0.25, -0.2) is 4.98 Å². The third-order valence-electron chi connectivity index (χ3n) is 4.93. The largest absolute Gasteiger partial charge is 0.487 e. The minimum absolute atomic E-state index is 0.429. The van der Waals surface area contributed by atoms with Crippen LogP contribution in [-0.4, -0.2) is 25.6 Å². The van der Waals surface area contributed by atoms with Gasteiger partial charge in [-0.3, -0.25) is 0 Å². The van der Waals surface area contributed by atoms with E-state index in [9.17, 15) is 0 Å². The molecule has 2 aromatic heterocycles. The van der Waals surface area contributed by atoms with E-state index >= 15 is 0 Å². The molecule has 3 aromatic carbocycles. The molecule has 5 aromatic rings. The first-order chi connectivity index (χ1) is 15.3. The van der Waals surface area contributed by atoms with Crippen molar-refractivity contribution >= 4 is 23.1 Å². The number of tetrazole rings is 1. The van der Waals surface area contributed by atoms with Crippen LogP contribution in [0.25, 0.3) is 34.4 Å². The van der Waals surface area contributed by atoms with Crippen molar-refractivity contribution in [3.05, 3.63) is 102 Å². The number of nitrogens with one attached hydrogen (secondary N) is 1. The number of para-hydroxylation sites is 1. The zero-order chi connectivity index (χ0) is 20.9. The SMILES string of the molecule is C(=Cc1ccccc1-c1nn[nH]n1)c1ccc(OCc2ccc3ccccc3n2)cc1. The van der Waals surface area contributed by atoms with Crippen molar-refractivity contribution in [2.45, 2.75) is 6.61 Å². The molecule has 0 aliphatic carbocycles. The fourth-order valence-electron chi connectivity index (χ4n) is 3.33. The van der Waals surface area contributed by atoms with Crippen LogP contribution >= 0.6 is 0 Å². The van der Waals surface area contributed by atoms with E-state index in [0.29, 0.717) is 12.4 Å². The van der Waals surface area contributed by atoms with Gasteiger partial charge in [0.25, 0.3) is 0 Å². The lowest BCUT2D eigenvalue weighted by molar-refractivity contribution is 0.302. The van der Waals surface area contributed by atoms with Crippen LogP contribution in [0.3, 0.4) is 0 Å². The van der Waals surface area contributed by atoms with E-state index in [2.05, 4.69) is 37.7 Å². The number of rotatable bonds is 6. The molecular weight excluding hydrogens is 386 g/mol. The van der Waals surface area contributed by atoms with Gasteiger partial charge < -0.3 is 4.74 Å². The second kappa shape index (κ2) is 8.59. The average Bonchev–Trinajstić information content (AvgIpc) is 3.37. The van der Waals surface area contributed by atoms with E-state index in [1.165, 1.54) is 0 Å². The first kappa shape index (κ1) is 18.7. The molecule has 31 heavy (non-hydrogen) atoms. The van der Waals surface area contributed by atoms with Gasteiger partial charge in [0.15, 0.2) is 0 Å². The van der Waals surface area contributed by atoms with Gasteiger partial charge in [-0.05, 0) is 40.6 Å². The minimum Gasteiger partial charge on any atom is -0.487 e. The van der Waals surface area contributed by atoms with E-state index in [0.717, 1.165) is 39.0 Å². The average molecular weight is 405 g/mol. The van der Waals surface area contributed by atoms with Gasteiger partial charge in [-0.1, -0.05) is 72.8 Å². The number of fused-ring (bicyclic) bond motifs is 1. The van der Waals surface area contributed by atoms with Crippen LogP contribution in [0.4, 0.5) is 0 Å². The van der Waals surface area contributed by atoms with Crippen molar-refractivity contribution in [3.63, 3.8) is 0 Å². The first-order valence-electron chi connectivity index (χ1n) is 9.94. The maximum absolute atomic E-state index is 5.91. The van der Waals surface area contributed by atoms with Crippen LogP contribution in [0.5, 0.6) is 5.75 Å². The quantitative estimate of drug-likeness (QED) is 0.395. The fraction of sp³-hybridized carbons (Fsp3) is 0.0400. The number of benzene rings is 3. The number of hydrogen-bond acceptors (Lipinski definition) is 5. The highest BCUT2D eigenvalue weighted by molar-refractivity contribution is 5.79. The van der Waals surface area contributed by atoms with Gasteiger partial charge in [0, 0.05) is 10.9 Å². The summed E-state index contributed by atoms with van der Waals surface area (Å²) in [5, 5.41) is 15.4. The maximum Gasteiger partial charge on any atom is 0.205 e. The zero-order valence-corrected chi connectivity index (χ0v) is 16.6. The van der Waals surface area contributed by atoms with Gasteiger partial charge in [0.2, 0.25) is 5.82 Å². The van der Waals surface area contributed by atoms with Crippen LogP contribution < -0.4 is 4.74 Å². The molecular formula is C25H19N5O. The Morgan fingerprint density at radius 1 is 0.806 bits per heavy atom. The molecule has 0 radical (unpaired) electrons. The van der Waals surface area contributed by atoms with Gasteiger partial charge in [-0.2, -0.15) is 5.21 Å². The normalized spacial score (nSPS) is 11.2. The number of aromatic amines is 1. The van der Waals surface area contributed by atoms with Crippen molar-refractivity contribution in [2.75, 3.05) is 0 Å². The van der Waals surface area contributed by atoms with Crippen molar-refractivity contribution in [1.29, 1.82) is 0 Å². The van der Waals surface area contributed by atoms with Crippen LogP contribution in [0, 0.1) is 0 Å². The van der Waals surface area contributed by atoms with Gasteiger partial charge >= 0.3 is 0 Å². The predicted octanol–water partition coefficient (Wildman–Crippen LogP) is 5.16. The third kappa shape index (κ3) is 4.33. The Bertz CT molecular complexity index is 1330. The van der Waals surface area contributed by atoms with Gasteiger partial charge in [0.1, 0.15) is 12.4 Å². The summed E-state index contributed by atoms with van der Waals surface area (Å²) in [6, 6.07) is 28.1. The Kier molecular flexibility index (Phi) is 5.18. The molecule has 1 N–H and O–H groups in total. The molecule has 5 rings (SSSR count).